The quantitative estimate of drug-likeness (QED) is 0.336. The standard InChI is InChI=1S/C13H18ClN3O2/c1-3-8(4-2)13(18)16-11-6-5-9(7-10(11)14)12(15)17-19/h5-8,19H,3-4H2,1-2H3,(H2,15,17)(H,16,18). The summed E-state index contributed by atoms with van der Waals surface area (Å²) in [6.45, 7) is 3.94. The Balaban J connectivity index is 2.89. The fourth-order valence-corrected chi connectivity index (χ4v) is 1.96. The van der Waals surface area contributed by atoms with Gasteiger partial charge in [0.2, 0.25) is 5.91 Å². The van der Waals surface area contributed by atoms with Gasteiger partial charge in [-0.1, -0.05) is 30.6 Å². The van der Waals surface area contributed by atoms with Crippen molar-refractivity contribution in [3.05, 3.63) is 28.8 Å². The molecule has 0 radical (unpaired) electrons. The Morgan fingerprint density at radius 3 is 2.58 bits per heavy atom. The van der Waals surface area contributed by atoms with Crippen molar-refractivity contribution in [1.29, 1.82) is 0 Å². The topological polar surface area (TPSA) is 87.7 Å². The van der Waals surface area contributed by atoms with E-state index in [1.807, 2.05) is 13.8 Å². The maximum atomic E-state index is 11.9. The molecule has 1 amide bonds. The number of rotatable bonds is 5. The third kappa shape index (κ3) is 3.86. The van der Waals surface area contributed by atoms with Crippen LogP contribution in [0.2, 0.25) is 5.02 Å². The highest BCUT2D eigenvalue weighted by Gasteiger charge is 2.15. The van der Waals surface area contributed by atoms with E-state index in [4.69, 9.17) is 22.5 Å². The van der Waals surface area contributed by atoms with Crippen LogP contribution in [0.4, 0.5) is 5.69 Å². The number of amides is 1. The van der Waals surface area contributed by atoms with E-state index in [9.17, 15) is 4.79 Å². The fourth-order valence-electron chi connectivity index (χ4n) is 1.73. The minimum absolute atomic E-state index is 0.0279. The minimum Gasteiger partial charge on any atom is -0.409 e. The van der Waals surface area contributed by atoms with Crippen LogP contribution in [0, 0.1) is 5.92 Å². The molecule has 6 heteroatoms. The molecule has 0 aliphatic rings. The molecule has 0 heterocycles. The number of oxime groups is 1. The van der Waals surface area contributed by atoms with Crippen molar-refractivity contribution >= 4 is 29.0 Å². The van der Waals surface area contributed by atoms with Gasteiger partial charge in [0, 0.05) is 11.5 Å². The van der Waals surface area contributed by atoms with E-state index < -0.39 is 0 Å². The van der Waals surface area contributed by atoms with Crippen LogP contribution >= 0.6 is 11.6 Å². The minimum atomic E-state index is -0.0524. The molecule has 5 nitrogen and oxygen atoms in total. The lowest BCUT2D eigenvalue weighted by Crippen LogP contribution is -2.22. The molecular weight excluding hydrogens is 266 g/mol. The van der Waals surface area contributed by atoms with Crippen LogP contribution in [0.3, 0.4) is 0 Å². The normalized spacial score (nSPS) is 11.7. The zero-order valence-corrected chi connectivity index (χ0v) is 11.7. The van der Waals surface area contributed by atoms with Crippen LogP contribution in [0.1, 0.15) is 32.3 Å². The Labute approximate surface area is 117 Å². The summed E-state index contributed by atoms with van der Waals surface area (Å²) in [6, 6.07) is 4.80. The second kappa shape index (κ2) is 6.99. The number of hydrogen-bond acceptors (Lipinski definition) is 3. The molecule has 0 unspecified atom stereocenters. The number of carbonyl (C=O) groups excluding carboxylic acids is 1. The third-order valence-corrected chi connectivity index (χ3v) is 3.30. The predicted octanol–water partition coefficient (Wildman–Crippen LogP) is 2.81. The van der Waals surface area contributed by atoms with E-state index >= 15 is 0 Å². The summed E-state index contributed by atoms with van der Waals surface area (Å²) in [5.41, 5.74) is 6.47. The van der Waals surface area contributed by atoms with Gasteiger partial charge in [0.05, 0.1) is 10.7 Å². The maximum absolute atomic E-state index is 11.9. The average Bonchev–Trinajstić information content (AvgIpc) is 2.41. The highest BCUT2D eigenvalue weighted by molar-refractivity contribution is 6.34. The number of halogens is 1. The highest BCUT2D eigenvalue weighted by atomic mass is 35.5. The molecule has 1 aromatic carbocycles. The van der Waals surface area contributed by atoms with E-state index in [1.54, 1.807) is 18.2 Å². The van der Waals surface area contributed by atoms with Crippen molar-refractivity contribution in [2.24, 2.45) is 16.8 Å². The van der Waals surface area contributed by atoms with Gasteiger partial charge in [-0.05, 0) is 31.0 Å². The van der Waals surface area contributed by atoms with Crippen LogP contribution in [-0.4, -0.2) is 17.0 Å². The fraction of sp³-hybridized carbons (Fsp3) is 0.385. The Morgan fingerprint density at radius 2 is 2.11 bits per heavy atom. The van der Waals surface area contributed by atoms with Gasteiger partial charge in [-0.2, -0.15) is 0 Å². The molecule has 0 spiro atoms. The Morgan fingerprint density at radius 1 is 1.47 bits per heavy atom. The van der Waals surface area contributed by atoms with Crippen molar-refractivity contribution in [3.8, 4) is 0 Å². The first-order valence-corrected chi connectivity index (χ1v) is 6.49. The van der Waals surface area contributed by atoms with Crippen molar-refractivity contribution in [3.63, 3.8) is 0 Å². The molecule has 0 aromatic heterocycles. The molecule has 0 fully saturated rings. The summed E-state index contributed by atoms with van der Waals surface area (Å²) in [4.78, 5) is 11.9. The first-order chi connectivity index (χ1) is 9.03. The molecular formula is C13H18ClN3O2. The smallest absolute Gasteiger partial charge is 0.227 e. The number of carbonyl (C=O) groups is 1. The lowest BCUT2D eigenvalue weighted by atomic mass is 10.0. The third-order valence-electron chi connectivity index (χ3n) is 2.99. The molecule has 4 N–H and O–H groups in total. The monoisotopic (exact) mass is 283 g/mol. The molecule has 0 atom stereocenters. The number of hydrogen-bond donors (Lipinski definition) is 3. The number of nitrogens with one attached hydrogen (secondary N) is 1. The van der Waals surface area contributed by atoms with E-state index in [1.165, 1.54) is 0 Å². The van der Waals surface area contributed by atoms with E-state index in [-0.39, 0.29) is 17.7 Å². The predicted molar refractivity (Wildman–Crippen MR) is 76.7 cm³/mol. The lowest BCUT2D eigenvalue weighted by Gasteiger charge is -2.14. The Bertz CT molecular complexity index is 485. The van der Waals surface area contributed by atoms with Gasteiger partial charge < -0.3 is 16.3 Å². The van der Waals surface area contributed by atoms with Gasteiger partial charge >= 0.3 is 0 Å². The second-order valence-corrected chi connectivity index (χ2v) is 4.59. The molecule has 0 bridgehead atoms. The van der Waals surface area contributed by atoms with Crippen molar-refractivity contribution in [1.82, 2.24) is 0 Å². The molecule has 0 saturated carbocycles. The van der Waals surface area contributed by atoms with Gasteiger partial charge in [0.1, 0.15) is 0 Å². The van der Waals surface area contributed by atoms with Gasteiger partial charge in [0.25, 0.3) is 0 Å². The summed E-state index contributed by atoms with van der Waals surface area (Å²) in [5, 5.41) is 14.6. The van der Waals surface area contributed by atoms with E-state index in [0.717, 1.165) is 12.8 Å². The first kappa shape index (κ1) is 15.3. The lowest BCUT2D eigenvalue weighted by molar-refractivity contribution is -0.120. The van der Waals surface area contributed by atoms with Gasteiger partial charge in [0.15, 0.2) is 5.84 Å². The molecule has 0 aliphatic carbocycles. The zero-order chi connectivity index (χ0) is 14.4. The molecule has 19 heavy (non-hydrogen) atoms. The summed E-state index contributed by atoms with van der Waals surface area (Å²) >= 11 is 6.06. The van der Waals surface area contributed by atoms with Crippen LogP contribution in [0.25, 0.3) is 0 Å². The van der Waals surface area contributed by atoms with Crippen molar-refractivity contribution in [2.45, 2.75) is 26.7 Å². The van der Waals surface area contributed by atoms with Crippen LogP contribution in [-0.2, 0) is 4.79 Å². The van der Waals surface area contributed by atoms with E-state index in [0.29, 0.717) is 16.3 Å². The number of amidine groups is 1. The van der Waals surface area contributed by atoms with Gasteiger partial charge in [-0.25, -0.2) is 0 Å². The Hall–Kier alpha value is -1.75. The second-order valence-electron chi connectivity index (χ2n) is 4.18. The largest absolute Gasteiger partial charge is 0.409 e. The van der Waals surface area contributed by atoms with Crippen molar-refractivity contribution < 1.29 is 10.0 Å². The van der Waals surface area contributed by atoms with Gasteiger partial charge in [-0.3, -0.25) is 4.79 Å². The number of nitrogens with two attached hydrogens (primary N) is 1. The molecule has 1 aromatic rings. The van der Waals surface area contributed by atoms with Crippen LogP contribution in [0.15, 0.2) is 23.4 Å². The SMILES string of the molecule is CCC(CC)C(=O)Nc1ccc(/C(N)=N/O)cc1Cl. The summed E-state index contributed by atoms with van der Waals surface area (Å²) in [5.74, 6) is -0.108. The average molecular weight is 284 g/mol. The zero-order valence-electron chi connectivity index (χ0n) is 11.0. The molecule has 104 valence electrons. The number of nitrogens with zero attached hydrogens (tertiary/aromatic N) is 1. The Kier molecular flexibility index (Phi) is 5.63. The number of benzene rings is 1. The number of anilines is 1. The highest BCUT2D eigenvalue weighted by Crippen LogP contribution is 2.24. The first-order valence-electron chi connectivity index (χ1n) is 6.11. The van der Waals surface area contributed by atoms with Gasteiger partial charge in [-0.15, -0.1) is 0 Å². The summed E-state index contributed by atoms with van der Waals surface area (Å²) < 4.78 is 0. The molecule has 1 rings (SSSR count). The maximum Gasteiger partial charge on any atom is 0.227 e. The van der Waals surface area contributed by atoms with Crippen LogP contribution in [0.5, 0.6) is 0 Å². The van der Waals surface area contributed by atoms with Crippen molar-refractivity contribution in [2.75, 3.05) is 5.32 Å². The van der Waals surface area contributed by atoms with Crippen LogP contribution < -0.4 is 11.1 Å². The summed E-state index contributed by atoms with van der Waals surface area (Å²) in [7, 11) is 0. The molecule has 0 aliphatic heterocycles. The summed E-state index contributed by atoms with van der Waals surface area (Å²) in [6.07, 6.45) is 1.56. The molecule has 0 saturated heterocycles. The van der Waals surface area contributed by atoms with E-state index in [2.05, 4.69) is 10.5 Å².